The number of nitrogens with two attached hydrogens (primary N) is 1. The van der Waals surface area contributed by atoms with Gasteiger partial charge in [0.05, 0.1) is 17.9 Å². The molecule has 0 radical (unpaired) electrons. The maximum atomic E-state index is 11.8. The van der Waals surface area contributed by atoms with Crippen molar-refractivity contribution in [1.82, 2.24) is 9.55 Å². The van der Waals surface area contributed by atoms with Gasteiger partial charge < -0.3 is 10.5 Å². The molecule has 1 aromatic heterocycles. The van der Waals surface area contributed by atoms with Gasteiger partial charge in [0.1, 0.15) is 17.7 Å². The third-order valence-corrected chi connectivity index (χ3v) is 2.81. The number of hydrogen-bond acceptors (Lipinski definition) is 5. The molecule has 0 amide bonds. The van der Waals surface area contributed by atoms with Crippen molar-refractivity contribution in [3.05, 3.63) is 41.3 Å². The Labute approximate surface area is 116 Å². The number of nitriles is 1. The highest BCUT2D eigenvalue weighted by atomic mass is 16.5. The number of aryl methyl sites for hydroxylation is 1. The lowest BCUT2D eigenvalue weighted by Crippen LogP contribution is -2.10. The van der Waals surface area contributed by atoms with Crippen LogP contribution in [0, 0.1) is 18.3 Å². The third kappa shape index (κ3) is 2.21. The van der Waals surface area contributed by atoms with E-state index in [0.717, 1.165) is 0 Å². The average molecular weight is 270 g/mol. The van der Waals surface area contributed by atoms with Gasteiger partial charge in [0.15, 0.2) is 5.69 Å². The van der Waals surface area contributed by atoms with Crippen LogP contribution in [-0.2, 0) is 4.74 Å². The van der Waals surface area contributed by atoms with E-state index in [4.69, 9.17) is 15.7 Å². The van der Waals surface area contributed by atoms with Crippen molar-refractivity contribution < 1.29 is 9.53 Å². The van der Waals surface area contributed by atoms with Gasteiger partial charge in [-0.25, -0.2) is 9.78 Å². The number of nitrogens with zero attached hydrogens (tertiary/aromatic N) is 3. The molecule has 20 heavy (non-hydrogen) atoms. The minimum atomic E-state index is -0.568. The van der Waals surface area contributed by atoms with Crippen LogP contribution >= 0.6 is 0 Å². The van der Waals surface area contributed by atoms with Gasteiger partial charge in [-0.2, -0.15) is 5.26 Å². The predicted molar refractivity (Wildman–Crippen MR) is 73.4 cm³/mol. The Morgan fingerprint density at radius 2 is 2.20 bits per heavy atom. The fourth-order valence-electron chi connectivity index (χ4n) is 1.97. The molecule has 6 nitrogen and oxygen atoms in total. The number of carbonyl (C=O) groups is 1. The topological polar surface area (TPSA) is 93.9 Å². The van der Waals surface area contributed by atoms with Crippen molar-refractivity contribution in [1.29, 1.82) is 5.26 Å². The summed E-state index contributed by atoms with van der Waals surface area (Å²) in [6.07, 6.45) is 0. The fraction of sp³-hybridized carbons (Fsp3) is 0.214. The third-order valence-electron chi connectivity index (χ3n) is 2.81. The monoisotopic (exact) mass is 270 g/mol. The van der Waals surface area contributed by atoms with Crippen LogP contribution in [0.5, 0.6) is 0 Å². The molecule has 2 aromatic rings. The zero-order valence-electron chi connectivity index (χ0n) is 11.3. The molecule has 1 heterocycles. The molecule has 0 bridgehead atoms. The van der Waals surface area contributed by atoms with Crippen LogP contribution in [0.1, 0.15) is 28.8 Å². The van der Waals surface area contributed by atoms with E-state index in [9.17, 15) is 4.79 Å². The number of esters is 1. The van der Waals surface area contributed by atoms with E-state index < -0.39 is 5.97 Å². The number of benzene rings is 1. The zero-order chi connectivity index (χ0) is 14.7. The fourth-order valence-corrected chi connectivity index (χ4v) is 1.97. The second-order valence-corrected chi connectivity index (χ2v) is 4.08. The van der Waals surface area contributed by atoms with Crippen molar-refractivity contribution in [3.8, 4) is 11.8 Å². The van der Waals surface area contributed by atoms with Gasteiger partial charge in [-0.1, -0.05) is 12.1 Å². The second kappa shape index (κ2) is 5.45. The summed E-state index contributed by atoms with van der Waals surface area (Å²) in [5.74, 6) is 0.123. The summed E-state index contributed by atoms with van der Waals surface area (Å²) in [6.45, 7) is 3.68. The van der Waals surface area contributed by atoms with Crippen molar-refractivity contribution in [2.45, 2.75) is 13.8 Å². The Morgan fingerprint density at radius 1 is 1.50 bits per heavy atom. The maximum absolute atomic E-state index is 11.8. The van der Waals surface area contributed by atoms with Crippen molar-refractivity contribution >= 4 is 11.8 Å². The number of imidazole rings is 1. The van der Waals surface area contributed by atoms with E-state index >= 15 is 0 Å². The number of rotatable bonds is 3. The Bertz CT molecular complexity index is 698. The second-order valence-electron chi connectivity index (χ2n) is 4.08. The molecule has 2 rings (SSSR count). The lowest BCUT2D eigenvalue weighted by Gasteiger charge is -2.09. The summed E-state index contributed by atoms with van der Waals surface area (Å²) in [5.41, 5.74) is 7.09. The van der Waals surface area contributed by atoms with Crippen molar-refractivity contribution in [2.24, 2.45) is 0 Å². The summed E-state index contributed by atoms with van der Waals surface area (Å²) in [7, 11) is 0. The molecule has 0 saturated carbocycles. The average Bonchev–Trinajstić information content (AvgIpc) is 2.74. The zero-order valence-corrected chi connectivity index (χ0v) is 11.3. The summed E-state index contributed by atoms with van der Waals surface area (Å²) >= 11 is 0. The number of hydrogen-bond donors (Lipinski definition) is 1. The van der Waals surface area contributed by atoms with Crippen molar-refractivity contribution in [3.63, 3.8) is 0 Å². The lowest BCUT2D eigenvalue weighted by molar-refractivity contribution is 0.0521. The maximum Gasteiger partial charge on any atom is 0.360 e. The molecule has 0 spiro atoms. The van der Waals surface area contributed by atoms with E-state index in [1.807, 2.05) is 0 Å². The molecule has 6 heteroatoms. The van der Waals surface area contributed by atoms with Gasteiger partial charge in [0.2, 0.25) is 0 Å². The van der Waals surface area contributed by atoms with Gasteiger partial charge >= 0.3 is 5.97 Å². The Hall–Kier alpha value is -2.81. The van der Waals surface area contributed by atoms with Gasteiger partial charge in [0.25, 0.3) is 0 Å². The van der Waals surface area contributed by atoms with Gasteiger partial charge in [0, 0.05) is 0 Å². The highest BCUT2D eigenvalue weighted by Gasteiger charge is 2.21. The van der Waals surface area contributed by atoms with Crippen LogP contribution in [0.2, 0.25) is 0 Å². The first kappa shape index (κ1) is 13.6. The Kier molecular flexibility index (Phi) is 3.71. The molecule has 0 fully saturated rings. The van der Waals surface area contributed by atoms with E-state index in [-0.39, 0.29) is 18.1 Å². The molecule has 0 aliphatic rings. The van der Waals surface area contributed by atoms with E-state index in [2.05, 4.69) is 11.1 Å². The largest absolute Gasteiger partial charge is 0.461 e. The van der Waals surface area contributed by atoms with Crippen LogP contribution in [-0.4, -0.2) is 22.1 Å². The first-order chi connectivity index (χ1) is 9.60. The molecular formula is C14H14N4O2. The number of para-hydroxylation sites is 1. The van der Waals surface area contributed by atoms with E-state index in [1.54, 1.807) is 42.7 Å². The molecule has 0 atom stereocenters. The molecule has 1 aromatic carbocycles. The SMILES string of the molecule is CCOC(=O)c1nc(C)n(-c2ccccc2C#N)c1N. The van der Waals surface area contributed by atoms with Gasteiger partial charge in [-0.15, -0.1) is 0 Å². The minimum absolute atomic E-state index is 0.0668. The quantitative estimate of drug-likeness (QED) is 0.858. The summed E-state index contributed by atoms with van der Waals surface area (Å²) in [6, 6.07) is 9.07. The predicted octanol–water partition coefficient (Wildman–Crippen LogP) is 1.81. The molecule has 0 saturated heterocycles. The Morgan fingerprint density at radius 3 is 2.85 bits per heavy atom. The van der Waals surface area contributed by atoms with Crippen LogP contribution in [0.25, 0.3) is 5.69 Å². The molecular weight excluding hydrogens is 256 g/mol. The minimum Gasteiger partial charge on any atom is -0.461 e. The first-order valence-corrected chi connectivity index (χ1v) is 6.11. The van der Waals surface area contributed by atoms with Gasteiger partial charge in [-0.3, -0.25) is 4.57 Å². The molecule has 0 unspecified atom stereocenters. The molecule has 0 aliphatic carbocycles. The van der Waals surface area contributed by atoms with Crippen LogP contribution < -0.4 is 5.73 Å². The molecule has 2 N–H and O–H groups in total. The Balaban J connectivity index is 2.59. The van der Waals surface area contributed by atoms with Crippen LogP contribution in [0.15, 0.2) is 24.3 Å². The number of aromatic nitrogens is 2. The van der Waals surface area contributed by atoms with Crippen molar-refractivity contribution in [2.75, 3.05) is 12.3 Å². The molecule has 102 valence electrons. The summed E-state index contributed by atoms with van der Waals surface area (Å²) in [4.78, 5) is 15.9. The number of carbonyl (C=O) groups excluding carboxylic acids is 1. The highest BCUT2D eigenvalue weighted by Crippen LogP contribution is 2.23. The summed E-state index contributed by atoms with van der Waals surface area (Å²) < 4.78 is 6.48. The number of ether oxygens (including phenoxy) is 1. The van der Waals surface area contributed by atoms with E-state index in [0.29, 0.717) is 17.1 Å². The molecule has 0 aliphatic heterocycles. The lowest BCUT2D eigenvalue weighted by atomic mass is 10.2. The van der Waals surface area contributed by atoms with Gasteiger partial charge in [-0.05, 0) is 26.0 Å². The van der Waals surface area contributed by atoms with Crippen LogP contribution in [0.3, 0.4) is 0 Å². The van der Waals surface area contributed by atoms with Crippen LogP contribution in [0.4, 0.5) is 5.82 Å². The first-order valence-electron chi connectivity index (χ1n) is 6.11. The summed E-state index contributed by atoms with van der Waals surface area (Å²) in [5, 5.41) is 9.15. The smallest absolute Gasteiger partial charge is 0.360 e. The standard InChI is InChI=1S/C14H14N4O2/c1-3-20-14(19)12-13(16)18(9(2)17-12)11-7-5-4-6-10(11)8-15/h4-7H,3,16H2,1-2H3. The normalized spacial score (nSPS) is 10.1. The number of anilines is 1. The van der Waals surface area contributed by atoms with E-state index in [1.165, 1.54) is 0 Å². The number of nitrogen functional groups attached to an aromatic ring is 1. The highest BCUT2D eigenvalue weighted by molar-refractivity contribution is 5.92.